The molecule has 0 saturated carbocycles. The van der Waals surface area contributed by atoms with Gasteiger partial charge in [-0.25, -0.2) is 4.85 Å². The first-order valence-electron chi connectivity index (χ1n) is 4.13. The highest BCUT2D eigenvalue weighted by molar-refractivity contribution is 6.34. The minimum atomic E-state index is -0.00220. The van der Waals surface area contributed by atoms with Crippen molar-refractivity contribution in [3.8, 4) is 0 Å². The molecule has 0 N–H and O–H groups in total. The number of halogens is 1. The Balaban J connectivity index is 3.34. The fraction of sp³-hybridized carbons (Fsp3) is 0.364. The van der Waals surface area contributed by atoms with Crippen LogP contribution >= 0.6 is 11.6 Å². The lowest BCUT2D eigenvalue weighted by atomic mass is 9.87. The zero-order valence-electron chi connectivity index (χ0n) is 8.06. The molecule has 0 amide bonds. The number of rotatable bonds is 0. The van der Waals surface area contributed by atoms with E-state index in [4.69, 9.17) is 18.2 Å². The molecule has 1 nitrogen and oxygen atoms in total. The molecule has 0 aliphatic carbocycles. The van der Waals surface area contributed by atoms with Crippen LogP contribution in [-0.2, 0) is 5.41 Å². The molecule has 0 unspecified atom stereocenters. The highest BCUT2D eigenvalue weighted by Crippen LogP contribution is 2.35. The van der Waals surface area contributed by atoms with Crippen molar-refractivity contribution in [3.05, 3.63) is 40.2 Å². The van der Waals surface area contributed by atoms with E-state index < -0.39 is 0 Å². The van der Waals surface area contributed by atoms with E-state index in [1.807, 2.05) is 12.1 Å². The number of hydrogen-bond acceptors (Lipinski definition) is 0. The van der Waals surface area contributed by atoms with Crippen LogP contribution in [0.25, 0.3) is 4.85 Å². The van der Waals surface area contributed by atoms with Crippen molar-refractivity contribution in [3.63, 3.8) is 0 Å². The van der Waals surface area contributed by atoms with Crippen molar-refractivity contribution in [1.82, 2.24) is 0 Å². The molecule has 0 bridgehead atoms. The Hall–Kier alpha value is -1.00. The third-order valence-corrected chi connectivity index (χ3v) is 2.30. The van der Waals surface area contributed by atoms with E-state index >= 15 is 0 Å². The van der Waals surface area contributed by atoms with E-state index in [9.17, 15) is 0 Å². The van der Waals surface area contributed by atoms with Crippen molar-refractivity contribution in [2.45, 2.75) is 26.2 Å². The molecule has 2 heteroatoms. The molecule has 0 heterocycles. The van der Waals surface area contributed by atoms with Crippen molar-refractivity contribution in [2.24, 2.45) is 0 Å². The summed E-state index contributed by atoms with van der Waals surface area (Å²) < 4.78 is 0. The Morgan fingerprint density at radius 1 is 1.31 bits per heavy atom. The number of hydrogen-bond donors (Lipinski definition) is 0. The Bertz CT molecular complexity index is 355. The van der Waals surface area contributed by atoms with Crippen LogP contribution in [0, 0.1) is 6.57 Å². The minimum absolute atomic E-state index is 0.00220. The van der Waals surface area contributed by atoms with Crippen molar-refractivity contribution < 1.29 is 0 Å². The number of nitrogens with zero attached hydrogens (tertiary/aromatic N) is 1. The van der Waals surface area contributed by atoms with Gasteiger partial charge in [0.05, 0.1) is 11.6 Å². The standard InChI is InChI=1S/C11H12ClN/c1-11(2,3)8-6-5-7-9(13-4)10(8)12/h5-7H,1-3H3. The molecule has 1 aromatic carbocycles. The third kappa shape index (κ3) is 2.02. The van der Waals surface area contributed by atoms with Crippen molar-refractivity contribution in [1.29, 1.82) is 0 Å². The maximum atomic E-state index is 6.93. The Morgan fingerprint density at radius 2 is 1.92 bits per heavy atom. The van der Waals surface area contributed by atoms with Crippen LogP contribution in [-0.4, -0.2) is 0 Å². The summed E-state index contributed by atoms with van der Waals surface area (Å²) in [5, 5.41) is 0.588. The molecule has 1 aromatic rings. The van der Waals surface area contributed by atoms with E-state index in [1.165, 1.54) is 0 Å². The zero-order chi connectivity index (χ0) is 10.1. The lowest BCUT2D eigenvalue weighted by Gasteiger charge is -2.21. The molecule has 0 saturated heterocycles. The normalized spacial score (nSPS) is 11.0. The van der Waals surface area contributed by atoms with Gasteiger partial charge in [0.1, 0.15) is 0 Å². The largest absolute Gasteiger partial charge is 0.237 e. The van der Waals surface area contributed by atoms with E-state index in [0.717, 1.165) is 5.56 Å². The zero-order valence-corrected chi connectivity index (χ0v) is 8.81. The van der Waals surface area contributed by atoms with E-state index in [1.54, 1.807) is 6.07 Å². The summed E-state index contributed by atoms with van der Waals surface area (Å²) in [7, 11) is 0. The van der Waals surface area contributed by atoms with Crippen LogP contribution in [0.4, 0.5) is 5.69 Å². The van der Waals surface area contributed by atoms with Crippen LogP contribution in [0.5, 0.6) is 0 Å². The molecule has 0 radical (unpaired) electrons. The summed E-state index contributed by atoms with van der Waals surface area (Å²) in [6.07, 6.45) is 0. The second-order valence-corrected chi connectivity index (χ2v) is 4.38. The highest BCUT2D eigenvalue weighted by Gasteiger charge is 2.18. The molecule has 68 valence electrons. The van der Waals surface area contributed by atoms with Crippen LogP contribution in [0.2, 0.25) is 5.02 Å². The second kappa shape index (κ2) is 3.40. The summed E-state index contributed by atoms with van der Waals surface area (Å²) in [5.74, 6) is 0. The van der Waals surface area contributed by atoms with Crippen molar-refractivity contribution in [2.75, 3.05) is 0 Å². The average molecular weight is 194 g/mol. The first-order chi connectivity index (χ1) is 5.96. The van der Waals surface area contributed by atoms with Gasteiger partial charge in [-0.3, -0.25) is 0 Å². The van der Waals surface area contributed by atoms with Crippen LogP contribution in [0.3, 0.4) is 0 Å². The molecule has 0 spiro atoms. The summed E-state index contributed by atoms with van der Waals surface area (Å²) >= 11 is 6.08. The molecule has 1 rings (SSSR count). The summed E-state index contributed by atoms with van der Waals surface area (Å²) in [5.41, 5.74) is 1.56. The van der Waals surface area contributed by atoms with Crippen LogP contribution in [0.15, 0.2) is 18.2 Å². The molecular formula is C11H12ClN. The average Bonchev–Trinajstić information content (AvgIpc) is 2.02. The van der Waals surface area contributed by atoms with Gasteiger partial charge in [-0.15, -0.1) is 0 Å². The lowest BCUT2D eigenvalue weighted by Crippen LogP contribution is -2.11. The summed E-state index contributed by atoms with van der Waals surface area (Å²) in [4.78, 5) is 3.36. The fourth-order valence-corrected chi connectivity index (χ4v) is 1.64. The van der Waals surface area contributed by atoms with Gasteiger partial charge in [-0.2, -0.15) is 0 Å². The Kier molecular flexibility index (Phi) is 2.63. The summed E-state index contributed by atoms with van der Waals surface area (Å²) in [6, 6.07) is 5.58. The fourth-order valence-electron chi connectivity index (χ4n) is 1.19. The topological polar surface area (TPSA) is 4.36 Å². The van der Waals surface area contributed by atoms with Gasteiger partial charge in [0.15, 0.2) is 0 Å². The predicted molar refractivity (Wildman–Crippen MR) is 56.4 cm³/mol. The van der Waals surface area contributed by atoms with Gasteiger partial charge in [0, 0.05) is 0 Å². The van der Waals surface area contributed by atoms with E-state index in [0.29, 0.717) is 10.7 Å². The Labute approximate surface area is 84.2 Å². The van der Waals surface area contributed by atoms with Gasteiger partial charge in [0.2, 0.25) is 5.69 Å². The first-order valence-corrected chi connectivity index (χ1v) is 4.51. The monoisotopic (exact) mass is 193 g/mol. The van der Waals surface area contributed by atoms with Crippen molar-refractivity contribution >= 4 is 17.3 Å². The summed E-state index contributed by atoms with van der Waals surface area (Å²) in [6.45, 7) is 13.2. The first kappa shape index (κ1) is 10.1. The Morgan fingerprint density at radius 3 is 2.38 bits per heavy atom. The molecule has 13 heavy (non-hydrogen) atoms. The van der Waals surface area contributed by atoms with Gasteiger partial charge in [-0.1, -0.05) is 50.6 Å². The van der Waals surface area contributed by atoms with E-state index in [2.05, 4.69) is 25.6 Å². The second-order valence-electron chi connectivity index (χ2n) is 4.00. The van der Waals surface area contributed by atoms with Crippen LogP contribution < -0.4 is 0 Å². The smallest absolute Gasteiger partial charge is 0.205 e. The molecule has 0 fully saturated rings. The lowest BCUT2D eigenvalue weighted by molar-refractivity contribution is 0.591. The van der Waals surface area contributed by atoms with Gasteiger partial charge < -0.3 is 0 Å². The molecule has 0 aliphatic heterocycles. The molecule has 0 aliphatic rings. The van der Waals surface area contributed by atoms with Gasteiger partial charge >= 0.3 is 0 Å². The SMILES string of the molecule is [C-]#[N+]c1cccc(C(C)(C)C)c1Cl. The molecule has 0 atom stereocenters. The molecular weight excluding hydrogens is 182 g/mol. The highest BCUT2D eigenvalue weighted by atomic mass is 35.5. The molecule has 0 aromatic heterocycles. The van der Waals surface area contributed by atoms with Crippen LogP contribution in [0.1, 0.15) is 26.3 Å². The van der Waals surface area contributed by atoms with Gasteiger partial charge in [-0.05, 0) is 11.0 Å². The number of benzene rings is 1. The van der Waals surface area contributed by atoms with E-state index in [-0.39, 0.29) is 5.41 Å². The third-order valence-electron chi connectivity index (χ3n) is 1.91. The quantitative estimate of drug-likeness (QED) is 0.545. The maximum Gasteiger partial charge on any atom is 0.205 e. The van der Waals surface area contributed by atoms with Gasteiger partial charge in [0.25, 0.3) is 0 Å². The maximum absolute atomic E-state index is 6.93. The minimum Gasteiger partial charge on any atom is -0.237 e. The predicted octanol–water partition coefficient (Wildman–Crippen LogP) is 4.19.